The molecule has 0 aliphatic heterocycles. The third kappa shape index (κ3) is 9.53. The molecule has 1 N–H and O–H groups in total. The summed E-state index contributed by atoms with van der Waals surface area (Å²) in [6.45, 7) is 2.21. The van der Waals surface area contributed by atoms with Crippen molar-refractivity contribution in [1.82, 2.24) is 0 Å². The second kappa shape index (κ2) is 13.3. The van der Waals surface area contributed by atoms with E-state index in [2.05, 4.69) is 6.92 Å². The van der Waals surface area contributed by atoms with Crippen LogP contribution < -0.4 is 39.4 Å². The molecule has 0 aliphatic carbocycles. The van der Waals surface area contributed by atoms with E-state index in [1.165, 1.54) is 68.9 Å². The van der Waals surface area contributed by atoms with Gasteiger partial charge in [0.2, 0.25) is 0 Å². The number of hydrogen-bond acceptors (Lipinski definition) is 4. The summed E-state index contributed by atoms with van der Waals surface area (Å²) >= 11 is 0. The Balaban J connectivity index is 0.00000420. The van der Waals surface area contributed by atoms with Gasteiger partial charge in [0.15, 0.2) is 0 Å². The van der Waals surface area contributed by atoms with Crippen molar-refractivity contribution in [2.75, 3.05) is 0 Å². The Kier molecular flexibility index (Phi) is 11.9. The second-order valence-corrected chi connectivity index (χ2v) is 8.47. The Hall–Kier alpha value is -1.05. The maximum Gasteiger partial charge on any atom is 1.00 e. The molecule has 0 unspecified atom stereocenters. The molecule has 0 saturated carbocycles. The third-order valence-corrected chi connectivity index (χ3v) is 5.52. The number of unbranched alkanes of at least 4 members (excludes halogenated alkanes) is 7. The SMILES string of the molecule is CCCCCCCCCCc1ccc([O-])cc1Oc1cccc(S(=O)(=O)O)c1.[Na+]. The molecule has 2 aromatic rings. The van der Waals surface area contributed by atoms with Crippen LogP contribution in [0.1, 0.15) is 63.9 Å². The fourth-order valence-electron chi connectivity index (χ4n) is 3.11. The van der Waals surface area contributed by atoms with E-state index in [0.717, 1.165) is 24.8 Å². The summed E-state index contributed by atoms with van der Waals surface area (Å²) in [4.78, 5) is -0.243. The quantitative estimate of drug-likeness (QED) is 0.319. The Bertz CT molecular complexity index is 852. The van der Waals surface area contributed by atoms with Gasteiger partial charge >= 0.3 is 29.6 Å². The molecule has 2 rings (SSSR count). The van der Waals surface area contributed by atoms with Gasteiger partial charge in [-0.15, -0.1) is 5.75 Å². The number of ether oxygens (including phenoxy) is 1. The summed E-state index contributed by atoms with van der Waals surface area (Å²) in [5, 5.41) is 11.7. The normalized spacial score (nSPS) is 11.1. The fraction of sp³-hybridized carbons (Fsp3) is 0.455. The van der Waals surface area contributed by atoms with Gasteiger partial charge in [-0.3, -0.25) is 4.55 Å². The van der Waals surface area contributed by atoms with Gasteiger partial charge in [0.25, 0.3) is 10.1 Å². The molecule has 0 atom stereocenters. The summed E-state index contributed by atoms with van der Waals surface area (Å²) in [6, 6.07) is 10.3. The molecular formula is C22H29NaO5S. The molecule has 0 spiro atoms. The van der Waals surface area contributed by atoms with Gasteiger partial charge in [0.1, 0.15) is 11.5 Å². The first-order chi connectivity index (χ1) is 13.4. The summed E-state index contributed by atoms with van der Waals surface area (Å²) in [5.41, 5.74) is 0.919. The molecular weight excluding hydrogens is 399 g/mol. The molecule has 0 amide bonds. The maximum atomic E-state index is 11.7. The predicted molar refractivity (Wildman–Crippen MR) is 109 cm³/mol. The smallest absolute Gasteiger partial charge is 0.872 e. The van der Waals surface area contributed by atoms with Crippen LogP contribution in [0.25, 0.3) is 0 Å². The van der Waals surface area contributed by atoms with Crippen LogP contribution in [0.15, 0.2) is 47.4 Å². The van der Waals surface area contributed by atoms with Crippen LogP contribution in [0.3, 0.4) is 0 Å². The molecule has 0 radical (unpaired) electrons. The summed E-state index contributed by atoms with van der Waals surface area (Å²) in [6.07, 6.45) is 10.5. The standard InChI is InChI=1S/C22H30O5S.Na/c1-2-3-4-5-6-7-8-9-11-18-14-15-19(23)16-22(18)27-20-12-10-13-21(17-20)28(24,25)26;/h10,12-17,23H,2-9,11H2,1H3,(H,24,25,26);/q;+1/p-1. The summed E-state index contributed by atoms with van der Waals surface area (Å²) in [5.74, 6) is 0.529. The molecule has 0 saturated heterocycles. The first-order valence-electron chi connectivity index (χ1n) is 9.95. The predicted octanol–water partition coefficient (Wildman–Crippen LogP) is 2.49. The van der Waals surface area contributed by atoms with Gasteiger partial charge in [-0.25, -0.2) is 0 Å². The Morgan fingerprint density at radius 1 is 0.931 bits per heavy atom. The average molecular weight is 429 g/mol. The summed E-state index contributed by atoms with van der Waals surface area (Å²) < 4.78 is 37.5. The van der Waals surface area contributed by atoms with Crippen LogP contribution in [-0.2, 0) is 16.5 Å². The minimum absolute atomic E-state index is 0. The maximum absolute atomic E-state index is 11.7. The first kappa shape index (κ1) is 26.0. The van der Waals surface area contributed by atoms with E-state index in [9.17, 15) is 18.1 Å². The zero-order valence-corrected chi connectivity index (χ0v) is 20.2. The van der Waals surface area contributed by atoms with Crippen LogP contribution in [0.2, 0.25) is 0 Å². The molecule has 0 bridgehead atoms. The average Bonchev–Trinajstić information content (AvgIpc) is 2.65. The van der Waals surface area contributed by atoms with Gasteiger partial charge in [0, 0.05) is 6.07 Å². The minimum Gasteiger partial charge on any atom is -0.872 e. The van der Waals surface area contributed by atoms with E-state index < -0.39 is 10.1 Å². The zero-order valence-electron chi connectivity index (χ0n) is 17.4. The van der Waals surface area contributed by atoms with Crippen molar-refractivity contribution < 1.29 is 52.4 Å². The van der Waals surface area contributed by atoms with Crippen molar-refractivity contribution in [3.05, 3.63) is 48.0 Å². The largest absolute Gasteiger partial charge is 1.00 e. The van der Waals surface area contributed by atoms with Crippen LogP contribution in [-0.4, -0.2) is 13.0 Å². The van der Waals surface area contributed by atoms with Gasteiger partial charge in [-0.2, -0.15) is 8.42 Å². The summed E-state index contributed by atoms with van der Waals surface area (Å²) in [7, 11) is -4.31. The molecule has 0 fully saturated rings. The Morgan fingerprint density at radius 2 is 1.59 bits per heavy atom. The number of aryl methyl sites for hydroxylation is 1. The van der Waals surface area contributed by atoms with Gasteiger partial charge < -0.3 is 9.84 Å². The number of rotatable bonds is 12. The van der Waals surface area contributed by atoms with Gasteiger partial charge in [0.05, 0.1) is 4.90 Å². The molecule has 7 heteroatoms. The van der Waals surface area contributed by atoms with E-state index in [4.69, 9.17) is 4.74 Å². The van der Waals surface area contributed by atoms with Gasteiger partial charge in [-0.05, 0) is 36.6 Å². The molecule has 29 heavy (non-hydrogen) atoms. The van der Waals surface area contributed by atoms with Crippen molar-refractivity contribution >= 4 is 10.1 Å². The Labute approximate surface area is 196 Å². The number of hydrogen-bond donors (Lipinski definition) is 1. The van der Waals surface area contributed by atoms with E-state index in [-0.39, 0.29) is 46.0 Å². The molecule has 0 aromatic heterocycles. The van der Waals surface area contributed by atoms with Crippen LogP contribution in [0.4, 0.5) is 0 Å². The van der Waals surface area contributed by atoms with Crippen molar-refractivity contribution in [2.24, 2.45) is 0 Å². The van der Waals surface area contributed by atoms with Gasteiger partial charge in [-0.1, -0.05) is 70.1 Å². The van der Waals surface area contributed by atoms with Crippen molar-refractivity contribution in [2.45, 2.75) is 69.6 Å². The van der Waals surface area contributed by atoms with Crippen molar-refractivity contribution in [1.29, 1.82) is 0 Å². The number of benzene rings is 2. The molecule has 5 nitrogen and oxygen atoms in total. The first-order valence-corrected chi connectivity index (χ1v) is 11.4. The van der Waals surface area contributed by atoms with Crippen molar-refractivity contribution in [3.63, 3.8) is 0 Å². The molecule has 0 heterocycles. The minimum atomic E-state index is -4.31. The Morgan fingerprint density at radius 3 is 2.24 bits per heavy atom. The van der Waals surface area contributed by atoms with E-state index in [1.807, 2.05) is 0 Å². The third-order valence-electron chi connectivity index (χ3n) is 4.67. The van der Waals surface area contributed by atoms with Crippen LogP contribution >= 0.6 is 0 Å². The van der Waals surface area contributed by atoms with E-state index in [0.29, 0.717) is 5.75 Å². The topological polar surface area (TPSA) is 86.7 Å². The van der Waals surface area contributed by atoms with Crippen LogP contribution in [0.5, 0.6) is 17.2 Å². The molecule has 2 aromatic carbocycles. The van der Waals surface area contributed by atoms with Crippen LogP contribution in [0, 0.1) is 0 Å². The fourth-order valence-corrected chi connectivity index (χ4v) is 3.63. The monoisotopic (exact) mass is 428 g/mol. The van der Waals surface area contributed by atoms with Crippen molar-refractivity contribution in [3.8, 4) is 17.2 Å². The molecule has 0 aliphatic rings. The second-order valence-electron chi connectivity index (χ2n) is 7.05. The zero-order chi connectivity index (χ0) is 20.4. The van der Waals surface area contributed by atoms with E-state index in [1.54, 1.807) is 12.1 Å². The van der Waals surface area contributed by atoms with E-state index >= 15 is 0 Å². The molecule has 154 valence electrons.